The highest BCUT2D eigenvalue weighted by molar-refractivity contribution is 5.97. The highest BCUT2D eigenvalue weighted by Gasteiger charge is 2.27. The number of imidazole rings is 1. The van der Waals surface area contributed by atoms with Crippen LogP contribution in [0.5, 0.6) is 0 Å². The topological polar surface area (TPSA) is 66.8 Å². The summed E-state index contributed by atoms with van der Waals surface area (Å²) in [4.78, 5) is 22.4. The Morgan fingerprint density at radius 2 is 1.96 bits per heavy atom. The Morgan fingerprint density at radius 1 is 1.12 bits per heavy atom. The molecule has 1 saturated heterocycles. The van der Waals surface area contributed by atoms with Gasteiger partial charge in [-0.2, -0.15) is 5.10 Å². The van der Waals surface area contributed by atoms with Crippen molar-refractivity contribution in [2.75, 3.05) is 13.1 Å². The third kappa shape index (κ3) is 2.71. The molecule has 1 N–H and O–H groups in total. The average Bonchev–Trinajstić information content (AvgIpc) is 3.35. The van der Waals surface area contributed by atoms with Crippen LogP contribution in [0.2, 0.25) is 0 Å². The monoisotopic (exact) mass is 321 g/mol. The van der Waals surface area contributed by atoms with Gasteiger partial charge in [0.2, 0.25) is 0 Å². The van der Waals surface area contributed by atoms with E-state index >= 15 is 0 Å². The van der Waals surface area contributed by atoms with Crippen molar-refractivity contribution in [1.82, 2.24) is 24.6 Å². The lowest BCUT2D eigenvalue weighted by atomic mass is 9.95. The first kappa shape index (κ1) is 14.7. The minimum absolute atomic E-state index is 0.0685. The molecule has 3 heterocycles. The number of aromatic amines is 1. The molecule has 1 fully saturated rings. The number of likely N-dealkylation sites (tertiary alicyclic amines) is 1. The fourth-order valence-corrected chi connectivity index (χ4v) is 3.29. The van der Waals surface area contributed by atoms with Crippen LogP contribution in [0.3, 0.4) is 0 Å². The number of benzene rings is 1. The summed E-state index contributed by atoms with van der Waals surface area (Å²) in [7, 11) is 0. The maximum atomic E-state index is 13.0. The fraction of sp³-hybridized carbons (Fsp3) is 0.278. The molecule has 0 bridgehead atoms. The molecule has 0 spiro atoms. The smallest absolute Gasteiger partial charge is 0.256 e. The van der Waals surface area contributed by atoms with Gasteiger partial charge in [0.1, 0.15) is 5.82 Å². The molecule has 2 aromatic heterocycles. The van der Waals surface area contributed by atoms with E-state index in [0.29, 0.717) is 11.5 Å². The summed E-state index contributed by atoms with van der Waals surface area (Å²) in [5, 5.41) is 4.25. The van der Waals surface area contributed by atoms with Crippen molar-refractivity contribution in [2.45, 2.75) is 18.8 Å². The number of amides is 1. The van der Waals surface area contributed by atoms with Crippen molar-refractivity contribution in [1.29, 1.82) is 0 Å². The number of carbonyl (C=O) groups excluding carboxylic acids is 1. The molecular formula is C18H19N5O. The first-order chi connectivity index (χ1) is 11.8. The Bertz CT molecular complexity index is 802. The lowest BCUT2D eigenvalue weighted by molar-refractivity contribution is 0.0711. The second kappa shape index (κ2) is 6.31. The molecule has 24 heavy (non-hydrogen) atoms. The second-order valence-corrected chi connectivity index (χ2v) is 6.01. The van der Waals surface area contributed by atoms with E-state index in [1.807, 2.05) is 47.6 Å². The number of para-hydroxylation sites is 1. The number of H-pyrrole nitrogens is 1. The Kier molecular flexibility index (Phi) is 3.86. The van der Waals surface area contributed by atoms with Crippen molar-refractivity contribution in [3.63, 3.8) is 0 Å². The highest BCUT2D eigenvalue weighted by Crippen LogP contribution is 2.27. The predicted molar refractivity (Wildman–Crippen MR) is 90.0 cm³/mol. The highest BCUT2D eigenvalue weighted by atomic mass is 16.2. The van der Waals surface area contributed by atoms with Crippen LogP contribution >= 0.6 is 0 Å². The molecule has 6 nitrogen and oxygen atoms in total. The molecular weight excluding hydrogens is 302 g/mol. The Hall–Kier alpha value is -2.89. The standard InChI is InChI=1S/C18H19N5O/c24-18(15-4-1-2-5-16(15)23-11-3-8-21-23)22-12-6-14(7-13-22)17-19-9-10-20-17/h1-5,8-11,14H,6-7,12-13H2,(H,19,20). The van der Waals surface area contributed by atoms with Gasteiger partial charge in [0, 0.05) is 43.8 Å². The third-order valence-electron chi connectivity index (χ3n) is 4.57. The SMILES string of the molecule is O=C(c1ccccc1-n1cccn1)N1CCC(c2ncc[nH]2)CC1. The van der Waals surface area contributed by atoms with E-state index in [1.54, 1.807) is 17.1 Å². The first-order valence-electron chi connectivity index (χ1n) is 8.20. The molecule has 0 radical (unpaired) electrons. The number of hydrogen-bond acceptors (Lipinski definition) is 3. The van der Waals surface area contributed by atoms with Gasteiger partial charge in [-0.3, -0.25) is 4.79 Å². The van der Waals surface area contributed by atoms with Gasteiger partial charge in [0.15, 0.2) is 0 Å². The summed E-state index contributed by atoms with van der Waals surface area (Å²) >= 11 is 0. The summed E-state index contributed by atoms with van der Waals surface area (Å²) < 4.78 is 1.74. The van der Waals surface area contributed by atoms with E-state index in [0.717, 1.165) is 37.4 Å². The summed E-state index contributed by atoms with van der Waals surface area (Å²) in [6.07, 6.45) is 9.08. The normalized spacial score (nSPS) is 15.6. The minimum atomic E-state index is 0.0685. The molecule has 6 heteroatoms. The summed E-state index contributed by atoms with van der Waals surface area (Å²) in [5.41, 5.74) is 1.51. The van der Waals surface area contributed by atoms with Crippen molar-refractivity contribution in [2.24, 2.45) is 0 Å². The molecule has 122 valence electrons. The van der Waals surface area contributed by atoms with Crippen molar-refractivity contribution < 1.29 is 4.79 Å². The van der Waals surface area contributed by atoms with Gasteiger partial charge < -0.3 is 9.88 Å². The average molecular weight is 321 g/mol. The number of nitrogens with zero attached hydrogens (tertiary/aromatic N) is 4. The van der Waals surface area contributed by atoms with Gasteiger partial charge in [-0.05, 0) is 31.0 Å². The number of piperidine rings is 1. The van der Waals surface area contributed by atoms with E-state index < -0.39 is 0 Å². The fourth-order valence-electron chi connectivity index (χ4n) is 3.29. The molecule has 0 unspecified atom stereocenters. The predicted octanol–water partition coefficient (Wildman–Crippen LogP) is 2.62. The molecule has 3 aromatic rings. The van der Waals surface area contributed by atoms with Crippen molar-refractivity contribution in [3.05, 3.63) is 66.5 Å². The van der Waals surface area contributed by atoms with Gasteiger partial charge in [-0.1, -0.05) is 12.1 Å². The van der Waals surface area contributed by atoms with Crippen LogP contribution in [0.4, 0.5) is 0 Å². The van der Waals surface area contributed by atoms with Crippen LogP contribution in [-0.2, 0) is 0 Å². The van der Waals surface area contributed by atoms with E-state index in [9.17, 15) is 4.79 Å². The van der Waals surface area contributed by atoms with Crippen molar-refractivity contribution >= 4 is 5.91 Å². The molecule has 1 amide bonds. The molecule has 0 atom stereocenters. The van der Waals surface area contributed by atoms with Gasteiger partial charge in [-0.25, -0.2) is 9.67 Å². The zero-order valence-corrected chi connectivity index (χ0v) is 13.3. The second-order valence-electron chi connectivity index (χ2n) is 6.01. The minimum Gasteiger partial charge on any atom is -0.348 e. The summed E-state index contributed by atoms with van der Waals surface area (Å²) in [5.74, 6) is 1.50. The van der Waals surface area contributed by atoms with Crippen LogP contribution in [0.1, 0.15) is 34.9 Å². The quantitative estimate of drug-likeness (QED) is 0.806. The van der Waals surface area contributed by atoms with E-state index in [-0.39, 0.29) is 5.91 Å². The molecule has 1 aromatic carbocycles. The van der Waals surface area contributed by atoms with E-state index in [4.69, 9.17) is 0 Å². The number of hydrogen-bond donors (Lipinski definition) is 1. The number of nitrogens with one attached hydrogen (secondary N) is 1. The van der Waals surface area contributed by atoms with Gasteiger partial charge in [-0.15, -0.1) is 0 Å². The Labute approximate surface area is 140 Å². The molecule has 4 rings (SSSR count). The van der Waals surface area contributed by atoms with Crippen LogP contribution in [0.15, 0.2) is 55.1 Å². The van der Waals surface area contributed by atoms with Crippen LogP contribution in [-0.4, -0.2) is 43.6 Å². The molecule has 1 aliphatic heterocycles. The summed E-state index contributed by atoms with van der Waals surface area (Å²) in [6, 6.07) is 9.48. The van der Waals surface area contributed by atoms with Gasteiger partial charge >= 0.3 is 0 Å². The Balaban J connectivity index is 1.51. The largest absolute Gasteiger partial charge is 0.348 e. The maximum absolute atomic E-state index is 13.0. The third-order valence-corrected chi connectivity index (χ3v) is 4.57. The van der Waals surface area contributed by atoms with Crippen LogP contribution in [0, 0.1) is 0 Å². The molecule has 1 aliphatic rings. The lowest BCUT2D eigenvalue weighted by Gasteiger charge is -2.31. The zero-order chi connectivity index (χ0) is 16.4. The van der Waals surface area contributed by atoms with Crippen LogP contribution in [0.25, 0.3) is 5.69 Å². The van der Waals surface area contributed by atoms with Gasteiger partial charge in [0.05, 0.1) is 11.3 Å². The summed E-state index contributed by atoms with van der Waals surface area (Å²) in [6.45, 7) is 1.50. The van der Waals surface area contributed by atoms with E-state index in [1.165, 1.54) is 0 Å². The zero-order valence-electron chi connectivity index (χ0n) is 13.3. The van der Waals surface area contributed by atoms with E-state index in [2.05, 4.69) is 15.1 Å². The lowest BCUT2D eigenvalue weighted by Crippen LogP contribution is -2.38. The van der Waals surface area contributed by atoms with Crippen LogP contribution < -0.4 is 0 Å². The maximum Gasteiger partial charge on any atom is 0.256 e. The molecule has 0 aliphatic carbocycles. The Morgan fingerprint density at radius 3 is 2.67 bits per heavy atom. The number of carbonyl (C=O) groups is 1. The van der Waals surface area contributed by atoms with Gasteiger partial charge in [0.25, 0.3) is 5.91 Å². The number of rotatable bonds is 3. The molecule has 0 saturated carbocycles. The van der Waals surface area contributed by atoms with Crippen molar-refractivity contribution in [3.8, 4) is 5.69 Å². The number of aromatic nitrogens is 4. The first-order valence-corrected chi connectivity index (χ1v) is 8.20.